The van der Waals surface area contributed by atoms with E-state index in [-0.39, 0.29) is 0 Å². The highest BCUT2D eigenvalue weighted by atomic mass is 79.9. The molecule has 0 spiro atoms. The van der Waals surface area contributed by atoms with E-state index in [9.17, 15) is 0 Å². The van der Waals surface area contributed by atoms with Crippen LogP contribution in [0, 0.1) is 5.92 Å². The standard InChI is InChI=1S/C14H20BrClN2/c1-3-4-11-12(15)13(16)18-14(17-11)10-7-5-9(2)6-8-10/h9-10H,3-8H2,1-2H3. The van der Waals surface area contributed by atoms with Crippen molar-refractivity contribution >= 4 is 27.5 Å². The van der Waals surface area contributed by atoms with Crippen LogP contribution in [0.3, 0.4) is 0 Å². The van der Waals surface area contributed by atoms with Crippen LogP contribution in [0.4, 0.5) is 0 Å². The molecule has 1 aliphatic rings. The first kappa shape index (κ1) is 14.3. The molecule has 2 nitrogen and oxygen atoms in total. The molecule has 4 heteroatoms. The number of halogens is 2. The number of rotatable bonds is 3. The van der Waals surface area contributed by atoms with Gasteiger partial charge in [-0.2, -0.15) is 0 Å². The molecule has 0 bridgehead atoms. The predicted molar refractivity (Wildman–Crippen MR) is 79.1 cm³/mol. The minimum Gasteiger partial charge on any atom is -0.236 e. The molecule has 1 heterocycles. The van der Waals surface area contributed by atoms with Crippen molar-refractivity contribution < 1.29 is 0 Å². The normalized spacial score (nSPS) is 24.2. The van der Waals surface area contributed by atoms with Crippen LogP contribution in [-0.4, -0.2) is 9.97 Å². The Morgan fingerprint density at radius 3 is 2.50 bits per heavy atom. The molecule has 0 aromatic carbocycles. The van der Waals surface area contributed by atoms with Crippen molar-refractivity contribution in [2.24, 2.45) is 5.92 Å². The van der Waals surface area contributed by atoms with E-state index in [1.54, 1.807) is 0 Å². The van der Waals surface area contributed by atoms with Gasteiger partial charge in [-0.05, 0) is 41.1 Å². The summed E-state index contributed by atoms with van der Waals surface area (Å²) in [5.74, 6) is 2.31. The first-order valence-corrected chi connectivity index (χ1v) is 8.00. The lowest BCUT2D eigenvalue weighted by atomic mass is 9.82. The Morgan fingerprint density at radius 1 is 1.22 bits per heavy atom. The molecule has 0 unspecified atom stereocenters. The van der Waals surface area contributed by atoms with Gasteiger partial charge in [0.15, 0.2) is 0 Å². The molecule has 0 atom stereocenters. The third kappa shape index (κ3) is 3.24. The van der Waals surface area contributed by atoms with Gasteiger partial charge in [-0.25, -0.2) is 9.97 Å². The van der Waals surface area contributed by atoms with Crippen LogP contribution in [0.5, 0.6) is 0 Å². The lowest BCUT2D eigenvalue weighted by Gasteiger charge is -2.25. The number of aryl methyl sites for hydroxylation is 1. The zero-order valence-corrected chi connectivity index (χ0v) is 13.4. The molecule has 2 rings (SSSR count). The van der Waals surface area contributed by atoms with Crippen molar-refractivity contribution in [2.75, 3.05) is 0 Å². The van der Waals surface area contributed by atoms with Gasteiger partial charge in [0.2, 0.25) is 0 Å². The van der Waals surface area contributed by atoms with Gasteiger partial charge < -0.3 is 0 Å². The molecule has 1 aromatic rings. The van der Waals surface area contributed by atoms with Gasteiger partial charge >= 0.3 is 0 Å². The SMILES string of the molecule is CCCc1nc(C2CCC(C)CC2)nc(Cl)c1Br. The number of aromatic nitrogens is 2. The summed E-state index contributed by atoms with van der Waals surface area (Å²) in [4.78, 5) is 9.20. The molecule has 0 radical (unpaired) electrons. The van der Waals surface area contributed by atoms with Crippen LogP contribution in [-0.2, 0) is 6.42 Å². The lowest BCUT2D eigenvalue weighted by Crippen LogP contribution is -2.14. The fourth-order valence-electron chi connectivity index (χ4n) is 2.58. The van der Waals surface area contributed by atoms with Crippen LogP contribution in [0.2, 0.25) is 5.15 Å². The Bertz CT molecular complexity index is 415. The maximum Gasteiger partial charge on any atom is 0.147 e. The number of nitrogens with zero attached hydrogens (tertiary/aromatic N) is 2. The second-order valence-electron chi connectivity index (χ2n) is 5.34. The molecule has 18 heavy (non-hydrogen) atoms. The largest absolute Gasteiger partial charge is 0.236 e. The fraction of sp³-hybridized carbons (Fsp3) is 0.714. The van der Waals surface area contributed by atoms with Crippen molar-refractivity contribution in [2.45, 2.75) is 58.3 Å². The topological polar surface area (TPSA) is 25.8 Å². The second-order valence-corrected chi connectivity index (χ2v) is 6.49. The molecule has 0 aliphatic heterocycles. The minimum atomic E-state index is 0.502. The first-order valence-electron chi connectivity index (χ1n) is 6.83. The smallest absolute Gasteiger partial charge is 0.147 e. The average molecular weight is 332 g/mol. The summed E-state index contributed by atoms with van der Waals surface area (Å²) in [6.45, 7) is 4.48. The molecule has 1 aromatic heterocycles. The molecule has 0 N–H and O–H groups in total. The Balaban J connectivity index is 2.22. The molecule has 1 aliphatic carbocycles. The highest BCUT2D eigenvalue weighted by Gasteiger charge is 2.23. The quantitative estimate of drug-likeness (QED) is 0.717. The van der Waals surface area contributed by atoms with Crippen molar-refractivity contribution in [1.29, 1.82) is 0 Å². The van der Waals surface area contributed by atoms with Crippen molar-refractivity contribution in [3.63, 3.8) is 0 Å². The van der Waals surface area contributed by atoms with Crippen molar-refractivity contribution in [3.8, 4) is 0 Å². The second kappa shape index (κ2) is 6.33. The van der Waals surface area contributed by atoms with Crippen molar-refractivity contribution in [3.05, 3.63) is 21.1 Å². The average Bonchev–Trinajstić information content (AvgIpc) is 2.36. The van der Waals surface area contributed by atoms with Crippen molar-refractivity contribution in [1.82, 2.24) is 9.97 Å². The van der Waals surface area contributed by atoms with Crippen LogP contribution >= 0.6 is 27.5 Å². The highest BCUT2D eigenvalue weighted by molar-refractivity contribution is 9.10. The monoisotopic (exact) mass is 330 g/mol. The van der Waals surface area contributed by atoms with Crippen LogP contribution < -0.4 is 0 Å². The van der Waals surface area contributed by atoms with Gasteiger partial charge in [-0.1, -0.05) is 44.7 Å². The van der Waals surface area contributed by atoms with E-state index in [1.807, 2.05) is 0 Å². The van der Waals surface area contributed by atoms with Crippen LogP contribution in [0.25, 0.3) is 0 Å². The lowest BCUT2D eigenvalue weighted by molar-refractivity contribution is 0.339. The van der Waals surface area contributed by atoms with Gasteiger partial charge in [0, 0.05) is 5.92 Å². The Morgan fingerprint density at radius 2 is 1.89 bits per heavy atom. The maximum atomic E-state index is 6.20. The third-order valence-electron chi connectivity index (χ3n) is 3.76. The summed E-state index contributed by atoms with van der Waals surface area (Å²) in [7, 11) is 0. The fourth-order valence-corrected chi connectivity index (χ4v) is 3.16. The van der Waals surface area contributed by atoms with Gasteiger partial charge in [0.25, 0.3) is 0 Å². The Hall–Kier alpha value is -0.150. The van der Waals surface area contributed by atoms with Gasteiger partial charge in [0.05, 0.1) is 10.2 Å². The van der Waals surface area contributed by atoms with E-state index < -0.39 is 0 Å². The summed E-state index contributed by atoms with van der Waals surface area (Å²) in [5, 5.41) is 0.571. The van der Waals surface area contributed by atoms with E-state index in [0.717, 1.165) is 34.8 Å². The van der Waals surface area contributed by atoms with E-state index in [2.05, 4.69) is 34.8 Å². The molecular weight excluding hydrogens is 312 g/mol. The van der Waals surface area contributed by atoms with Gasteiger partial charge in [-0.3, -0.25) is 0 Å². The summed E-state index contributed by atoms with van der Waals surface area (Å²) >= 11 is 9.70. The number of hydrogen-bond donors (Lipinski definition) is 0. The van der Waals surface area contributed by atoms with Gasteiger partial charge in [0.1, 0.15) is 11.0 Å². The predicted octanol–water partition coefficient (Wildman–Crippen LogP) is 5.14. The minimum absolute atomic E-state index is 0.502. The zero-order valence-electron chi connectivity index (χ0n) is 11.0. The molecule has 0 saturated heterocycles. The summed E-state index contributed by atoms with van der Waals surface area (Å²) in [6.07, 6.45) is 7.00. The Labute approximate surface area is 123 Å². The maximum absolute atomic E-state index is 6.20. The molecule has 1 saturated carbocycles. The molecular formula is C14H20BrClN2. The highest BCUT2D eigenvalue weighted by Crippen LogP contribution is 2.35. The summed E-state index contributed by atoms with van der Waals surface area (Å²) in [6, 6.07) is 0. The van der Waals surface area contributed by atoms with E-state index in [1.165, 1.54) is 25.7 Å². The first-order chi connectivity index (χ1) is 8.61. The molecule has 100 valence electrons. The number of hydrogen-bond acceptors (Lipinski definition) is 2. The van der Waals surface area contributed by atoms with Gasteiger partial charge in [-0.15, -0.1) is 0 Å². The van der Waals surface area contributed by atoms with Crippen LogP contribution in [0.1, 0.15) is 63.4 Å². The van der Waals surface area contributed by atoms with Crippen LogP contribution in [0.15, 0.2) is 4.47 Å². The van der Waals surface area contributed by atoms with E-state index >= 15 is 0 Å². The summed E-state index contributed by atoms with van der Waals surface area (Å²) < 4.78 is 0.874. The zero-order chi connectivity index (χ0) is 13.1. The third-order valence-corrected chi connectivity index (χ3v) is 5.10. The van der Waals surface area contributed by atoms with E-state index in [0.29, 0.717) is 11.1 Å². The summed E-state index contributed by atoms with van der Waals surface area (Å²) in [5.41, 5.74) is 1.06. The molecule has 0 amide bonds. The van der Waals surface area contributed by atoms with E-state index in [4.69, 9.17) is 16.6 Å². The Kier molecular flexibility index (Phi) is 5.02. The molecule has 1 fully saturated rings.